The number of nitrogens with zero attached hydrogens (tertiary/aromatic N) is 2. The average Bonchev–Trinajstić information content (AvgIpc) is 2.71. The molecular weight excluding hydrogens is 469 g/mol. The first kappa shape index (κ1) is 23.7. The van der Waals surface area contributed by atoms with Gasteiger partial charge in [-0.05, 0) is 37.1 Å². The number of methoxy groups -OCH3 is 1. The normalized spacial score (nSPS) is 10.6. The largest absolute Gasteiger partial charge is 0.481 e. The molecule has 8 heteroatoms. The Kier molecular flexibility index (Phi) is 10.9. The third-order valence-electron chi connectivity index (χ3n) is 3.92. The molecule has 2 aromatic rings. The van der Waals surface area contributed by atoms with E-state index in [1.165, 1.54) is 0 Å². The van der Waals surface area contributed by atoms with Crippen molar-refractivity contribution in [2.45, 2.75) is 19.9 Å². The zero-order valence-electron chi connectivity index (χ0n) is 16.5. The second kappa shape index (κ2) is 12.9. The lowest BCUT2D eigenvalue weighted by Crippen LogP contribution is -2.38. The number of hydrogen-bond acceptors (Lipinski definition) is 4. The Bertz CT molecular complexity index is 783. The number of carbonyl (C=O) groups excluding carboxylic acids is 1. The van der Waals surface area contributed by atoms with E-state index in [4.69, 9.17) is 4.74 Å². The predicted molar refractivity (Wildman–Crippen MR) is 123 cm³/mol. The minimum atomic E-state index is -0.0786. The molecule has 7 nitrogen and oxygen atoms in total. The van der Waals surface area contributed by atoms with Crippen molar-refractivity contribution >= 4 is 35.8 Å². The molecule has 2 rings (SSSR count). The maximum atomic E-state index is 11.7. The minimum Gasteiger partial charge on any atom is -0.481 e. The van der Waals surface area contributed by atoms with Gasteiger partial charge in [0.15, 0.2) is 5.96 Å². The van der Waals surface area contributed by atoms with Crippen molar-refractivity contribution in [3.05, 3.63) is 59.3 Å². The molecule has 1 heterocycles. The van der Waals surface area contributed by atoms with Crippen LogP contribution in [0.4, 0.5) is 0 Å². The van der Waals surface area contributed by atoms with E-state index in [1.54, 1.807) is 20.4 Å². The number of carbonyl (C=O) groups is 1. The molecule has 0 unspecified atom stereocenters. The van der Waals surface area contributed by atoms with Gasteiger partial charge in [-0.3, -0.25) is 4.79 Å². The minimum absolute atomic E-state index is 0. The maximum Gasteiger partial charge on any atom is 0.251 e. The van der Waals surface area contributed by atoms with E-state index < -0.39 is 0 Å². The molecule has 152 valence electrons. The number of halogens is 1. The number of rotatable bonds is 8. The molecule has 0 bridgehead atoms. The van der Waals surface area contributed by atoms with Crippen LogP contribution >= 0.6 is 24.0 Å². The summed E-state index contributed by atoms with van der Waals surface area (Å²) in [5, 5.41) is 9.19. The van der Waals surface area contributed by atoms with Gasteiger partial charge in [0.25, 0.3) is 5.91 Å². The van der Waals surface area contributed by atoms with Gasteiger partial charge in [0.2, 0.25) is 5.88 Å². The number of aromatic nitrogens is 1. The third kappa shape index (κ3) is 7.34. The van der Waals surface area contributed by atoms with Gasteiger partial charge in [-0.25, -0.2) is 9.98 Å². The summed E-state index contributed by atoms with van der Waals surface area (Å²) in [6, 6.07) is 11.4. The second-order valence-electron chi connectivity index (χ2n) is 5.82. The Labute approximate surface area is 183 Å². The van der Waals surface area contributed by atoms with Crippen LogP contribution in [-0.4, -0.2) is 44.1 Å². The van der Waals surface area contributed by atoms with Crippen LogP contribution in [0.3, 0.4) is 0 Å². The summed E-state index contributed by atoms with van der Waals surface area (Å²) >= 11 is 0. The number of hydrogen-bond donors (Lipinski definition) is 3. The van der Waals surface area contributed by atoms with E-state index >= 15 is 0 Å². The van der Waals surface area contributed by atoms with E-state index in [1.807, 2.05) is 43.3 Å². The fourth-order valence-corrected chi connectivity index (χ4v) is 2.57. The number of guanidine groups is 1. The molecule has 0 saturated carbocycles. The molecule has 0 aliphatic heterocycles. The van der Waals surface area contributed by atoms with Gasteiger partial charge in [-0.1, -0.05) is 18.2 Å². The van der Waals surface area contributed by atoms with Gasteiger partial charge in [0.05, 0.1) is 13.7 Å². The molecule has 0 fully saturated rings. The number of pyridine rings is 1. The fraction of sp³-hybridized carbons (Fsp3) is 0.350. The highest BCUT2D eigenvalue weighted by atomic mass is 127. The Morgan fingerprint density at radius 2 is 2.04 bits per heavy atom. The first-order chi connectivity index (χ1) is 13.2. The summed E-state index contributed by atoms with van der Waals surface area (Å²) in [7, 11) is 3.24. The highest BCUT2D eigenvalue weighted by Gasteiger charge is 2.05. The van der Waals surface area contributed by atoms with Crippen molar-refractivity contribution < 1.29 is 9.53 Å². The number of benzene rings is 1. The third-order valence-corrected chi connectivity index (χ3v) is 3.92. The van der Waals surface area contributed by atoms with Gasteiger partial charge in [-0.15, -0.1) is 24.0 Å². The summed E-state index contributed by atoms with van der Waals surface area (Å²) in [5.74, 6) is 1.24. The van der Waals surface area contributed by atoms with Gasteiger partial charge in [0.1, 0.15) is 0 Å². The first-order valence-corrected chi connectivity index (χ1v) is 8.99. The summed E-state index contributed by atoms with van der Waals surface area (Å²) < 4.78 is 5.26. The van der Waals surface area contributed by atoms with Crippen LogP contribution in [0, 0.1) is 0 Å². The molecule has 1 aromatic heterocycles. The summed E-state index contributed by atoms with van der Waals surface area (Å²) in [6.07, 6.45) is 2.48. The summed E-state index contributed by atoms with van der Waals surface area (Å²) in [5.41, 5.74) is 2.68. The lowest BCUT2D eigenvalue weighted by Gasteiger charge is -2.12. The van der Waals surface area contributed by atoms with Crippen LogP contribution < -0.4 is 20.7 Å². The second-order valence-corrected chi connectivity index (χ2v) is 5.82. The molecule has 0 radical (unpaired) electrons. The standard InChI is InChI=1S/C20H27N5O2.HI/c1-4-22-20(25-14-17-9-6-11-23-19(17)27-3)24-12-10-15-7-5-8-16(13-15)18(26)21-2;/h5-9,11,13H,4,10,12,14H2,1-3H3,(H,21,26)(H2,22,24,25);1H. The molecule has 0 atom stereocenters. The van der Waals surface area contributed by atoms with E-state index in [-0.39, 0.29) is 29.9 Å². The fourth-order valence-electron chi connectivity index (χ4n) is 2.57. The lowest BCUT2D eigenvalue weighted by molar-refractivity contribution is 0.0963. The average molecular weight is 497 g/mol. The van der Waals surface area contributed by atoms with E-state index in [0.29, 0.717) is 24.5 Å². The van der Waals surface area contributed by atoms with E-state index in [0.717, 1.165) is 30.1 Å². The Balaban J connectivity index is 0.00000392. The molecule has 1 amide bonds. The summed E-state index contributed by atoms with van der Waals surface area (Å²) in [6.45, 7) is 3.96. The highest BCUT2D eigenvalue weighted by molar-refractivity contribution is 14.0. The van der Waals surface area contributed by atoms with Crippen molar-refractivity contribution in [3.63, 3.8) is 0 Å². The highest BCUT2D eigenvalue weighted by Crippen LogP contribution is 2.14. The van der Waals surface area contributed by atoms with Crippen molar-refractivity contribution in [2.24, 2.45) is 4.99 Å². The molecule has 0 aliphatic rings. The Hall–Kier alpha value is -2.36. The first-order valence-electron chi connectivity index (χ1n) is 8.99. The number of aliphatic imine (C=N–C) groups is 1. The molecular formula is C20H28IN5O2. The summed E-state index contributed by atoms with van der Waals surface area (Å²) in [4.78, 5) is 20.5. The monoisotopic (exact) mass is 497 g/mol. The van der Waals surface area contributed by atoms with Gasteiger partial charge >= 0.3 is 0 Å². The molecule has 1 aromatic carbocycles. The topological polar surface area (TPSA) is 87.6 Å². The van der Waals surface area contributed by atoms with E-state index in [2.05, 4.69) is 25.9 Å². The molecule has 3 N–H and O–H groups in total. The van der Waals surface area contributed by atoms with Crippen LogP contribution in [0.2, 0.25) is 0 Å². The van der Waals surface area contributed by atoms with Crippen LogP contribution in [0.1, 0.15) is 28.4 Å². The maximum absolute atomic E-state index is 11.7. The van der Waals surface area contributed by atoms with Crippen LogP contribution in [-0.2, 0) is 13.0 Å². The van der Waals surface area contributed by atoms with Crippen molar-refractivity contribution in [3.8, 4) is 5.88 Å². The number of ether oxygens (including phenoxy) is 1. The number of nitrogens with one attached hydrogen (secondary N) is 3. The smallest absolute Gasteiger partial charge is 0.251 e. The van der Waals surface area contributed by atoms with E-state index in [9.17, 15) is 4.79 Å². The Morgan fingerprint density at radius 1 is 1.21 bits per heavy atom. The molecule has 0 spiro atoms. The molecule has 28 heavy (non-hydrogen) atoms. The van der Waals surface area contributed by atoms with Crippen LogP contribution in [0.15, 0.2) is 47.6 Å². The SMILES string of the molecule is CCNC(=NCc1cccnc1OC)NCCc1cccc(C(=O)NC)c1.I. The van der Waals surface area contributed by atoms with Crippen molar-refractivity contribution in [1.82, 2.24) is 20.9 Å². The van der Waals surface area contributed by atoms with Crippen LogP contribution in [0.25, 0.3) is 0 Å². The van der Waals surface area contributed by atoms with Crippen molar-refractivity contribution in [2.75, 3.05) is 27.2 Å². The van der Waals surface area contributed by atoms with Gasteiger partial charge in [-0.2, -0.15) is 0 Å². The van der Waals surface area contributed by atoms with Gasteiger partial charge in [0, 0.05) is 37.5 Å². The molecule has 0 saturated heterocycles. The van der Waals surface area contributed by atoms with Crippen molar-refractivity contribution in [1.29, 1.82) is 0 Å². The Morgan fingerprint density at radius 3 is 2.75 bits per heavy atom. The predicted octanol–water partition coefficient (Wildman–Crippen LogP) is 2.37. The van der Waals surface area contributed by atoms with Crippen LogP contribution in [0.5, 0.6) is 5.88 Å². The quantitative estimate of drug-likeness (QED) is 0.296. The van der Waals surface area contributed by atoms with Gasteiger partial charge < -0.3 is 20.7 Å². The lowest BCUT2D eigenvalue weighted by atomic mass is 10.1. The zero-order chi connectivity index (χ0) is 19.5. The number of amides is 1. The zero-order valence-corrected chi connectivity index (χ0v) is 18.8. The molecule has 0 aliphatic carbocycles.